The van der Waals surface area contributed by atoms with Crippen LogP contribution in [0.1, 0.15) is 38.5 Å². The van der Waals surface area contributed by atoms with Gasteiger partial charge in [-0.25, -0.2) is 14.4 Å². The van der Waals surface area contributed by atoms with Crippen LogP contribution in [0.2, 0.25) is 0 Å². The lowest BCUT2D eigenvalue weighted by Gasteiger charge is -2.27. The third kappa shape index (κ3) is 9.18. The van der Waals surface area contributed by atoms with Crippen LogP contribution >= 0.6 is 22.6 Å². The molecular formula is C37H50IN9O8. The molecule has 0 radical (unpaired) electrons. The molecular weight excluding hydrogens is 825 g/mol. The highest BCUT2D eigenvalue weighted by molar-refractivity contribution is 14.1. The number of likely N-dealkylation sites (tertiary alicyclic amines) is 2. The first-order chi connectivity index (χ1) is 26.5. The molecule has 0 aromatic carbocycles. The molecule has 3 atom stereocenters. The summed E-state index contributed by atoms with van der Waals surface area (Å²) in [6.45, 7) is 14.2. The zero-order chi connectivity index (χ0) is 39.2. The van der Waals surface area contributed by atoms with Crippen molar-refractivity contribution in [2.75, 3.05) is 79.2 Å². The van der Waals surface area contributed by atoms with E-state index < -0.39 is 0 Å². The second-order valence-electron chi connectivity index (χ2n) is 14.3. The highest BCUT2D eigenvalue weighted by Crippen LogP contribution is 2.30. The number of nitrogens with zero attached hydrogens (tertiary/aromatic N) is 8. The number of hydroxylamine groups is 4. The number of likely N-dealkylation sites (N-methyl/N-ethyl adjacent to an activating group) is 1. The van der Waals surface area contributed by atoms with E-state index in [1.54, 1.807) is 31.8 Å². The number of amides is 9. The fraction of sp³-hybridized carbons (Fsp3) is 0.568. The van der Waals surface area contributed by atoms with Crippen LogP contribution < -0.4 is 5.32 Å². The first-order valence-corrected chi connectivity index (χ1v) is 19.9. The third-order valence-electron chi connectivity index (χ3n) is 10.4. The van der Waals surface area contributed by atoms with Gasteiger partial charge in [0.2, 0.25) is 17.7 Å². The van der Waals surface area contributed by atoms with Crippen LogP contribution in [-0.4, -0.2) is 173 Å². The number of halogens is 1. The van der Waals surface area contributed by atoms with Gasteiger partial charge in [0.25, 0.3) is 0 Å². The van der Waals surface area contributed by atoms with E-state index in [9.17, 15) is 28.8 Å². The van der Waals surface area contributed by atoms with Crippen molar-refractivity contribution in [3.63, 3.8) is 0 Å². The molecule has 0 aromatic rings. The highest BCUT2D eigenvalue weighted by atomic mass is 127. The average Bonchev–Trinajstić information content (AvgIpc) is 4.03. The molecule has 6 saturated heterocycles. The topological polar surface area (TPSA) is 159 Å². The zero-order valence-corrected chi connectivity index (χ0v) is 33.4. The lowest BCUT2D eigenvalue weighted by atomic mass is 10.1. The molecule has 0 aliphatic carbocycles. The Labute approximate surface area is 334 Å². The second kappa shape index (κ2) is 18.0. The van der Waals surface area contributed by atoms with Crippen molar-refractivity contribution in [1.82, 2.24) is 44.8 Å². The van der Waals surface area contributed by atoms with E-state index in [0.717, 1.165) is 69.8 Å². The van der Waals surface area contributed by atoms with Crippen LogP contribution in [0, 0.1) is 0 Å². The van der Waals surface area contributed by atoms with Gasteiger partial charge in [-0.05, 0) is 60.1 Å². The Kier molecular flexibility index (Phi) is 13.2. The van der Waals surface area contributed by atoms with Gasteiger partial charge in [0.05, 0.1) is 51.0 Å². The fourth-order valence-corrected chi connectivity index (χ4v) is 8.51. The molecule has 6 fully saturated rings. The van der Waals surface area contributed by atoms with Crippen LogP contribution in [0.15, 0.2) is 58.5 Å². The summed E-state index contributed by atoms with van der Waals surface area (Å²) in [5.74, 6) is 0.554. The summed E-state index contributed by atoms with van der Waals surface area (Å²) in [4.78, 5) is 90.5. The molecule has 9 rings (SSSR count). The van der Waals surface area contributed by atoms with Crippen LogP contribution in [0.3, 0.4) is 0 Å². The Morgan fingerprint density at radius 2 is 1.18 bits per heavy atom. The van der Waals surface area contributed by atoms with E-state index in [0.29, 0.717) is 52.2 Å². The molecule has 9 aliphatic rings. The normalized spacial score (nSPS) is 26.3. The number of rotatable bonds is 8. The standard InChI is InChI=1S/C13H17N3O3.C11H15N3O2.C9H11IN2O2.C4H7NO/c1-2-6-19-16-11-7-10(8-14(9-11)13(16)18)15-5-3-4-12(15)17;1-12-8-5-9(7-13(6-8)11(12)16)14-4-2-3-10(14)15;1-2-3-14-12-8-4-7(10)5-11(6-8)9(12)13;6-4-2-1-3-5-4/h2,7,11H,1,3-6,8-9H2;5,8H,2-4,6-7H2,1H3;2,4,8H,1,3,5-6H2;1-3H2,(H,5,6). The molecule has 298 valence electrons. The van der Waals surface area contributed by atoms with Gasteiger partial charge in [-0.1, -0.05) is 12.2 Å². The molecule has 0 aromatic heterocycles. The number of hydrogen-bond acceptors (Lipinski definition) is 8. The molecule has 55 heavy (non-hydrogen) atoms. The first kappa shape index (κ1) is 40.2. The molecule has 6 bridgehead atoms. The molecule has 18 heteroatoms. The number of fused-ring (bicyclic) bond motifs is 6. The zero-order valence-electron chi connectivity index (χ0n) is 31.3. The Morgan fingerprint density at radius 3 is 1.62 bits per heavy atom. The molecule has 1 N–H and O–H groups in total. The van der Waals surface area contributed by atoms with Gasteiger partial charge < -0.3 is 34.7 Å². The van der Waals surface area contributed by atoms with Crippen molar-refractivity contribution in [2.24, 2.45) is 0 Å². The number of nitrogens with one attached hydrogen (secondary N) is 1. The largest absolute Gasteiger partial charge is 0.356 e. The average molecular weight is 876 g/mol. The van der Waals surface area contributed by atoms with Crippen molar-refractivity contribution >= 4 is 58.4 Å². The Balaban J connectivity index is 0.000000131. The third-order valence-corrected chi connectivity index (χ3v) is 11.1. The molecule has 9 heterocycles. The van der Waals surface area contributed by atoms with Crippen molar-refractivity contribution in [2.45, 2.75) is 56.7 Å². The summed E-state index contributed by atoms with van der Waals surface area (Å²) in [5, 5.41) is 5.50. The monoisotopic (exact) mass is 875 g/mol. The second-order valence-corrected chi connectivity index (χ2v) is 15.7. The van der Waals surface area contributed by atoms with Gasteiger partial charge in [-0.15, -0.1) is 13.2 Å². The summed E-state index contributed by atoms with van der Waals surface area (Å²) >= 11 is 2.25. The molecule has 9 aliphatic heterocycles. The minimum absolute atomic E-state index is 0.0419. The van der Waals surface area contributed by atoms with Gasteiger partial charge in [0.15, 0.2) is 0 Å². The van der Waals surface area contributed by atoms with Crippen LogP contribution in [0.4, 0.5) is 14.4 Å². The SMILES string of the molecule is C=CCON1C(=O)N2CC(I)=CC1C2.C=CCON1C(=O)N2CC(N3CCCC3=O)=CC1C2.CN1C(=O)N2CC(N3CCCC3=O)=CC1C2.O=C1CCCN1. The summed E-state index contributed by atoms with van der Waals surface area (Å²) in [6.07, 6.45) is 14.2. The predicted octanol–water partition coefficient (Wildman–Crippen LogP) is 2.41. The number of hydrogen-bond donors (Lipinski definition) is 1. The molecule has 0 spiro atoms. The molecule has 0 saturated carbocycles. The van der Waals surface area contributed by atoms with Gasteiger partial charge in [-0.2, -0.15) is 10.1 Å². The van der Waals surface area contributed by atoms with E-state index in [1.807, 2.05) is 22.9 Å². The lowest BCUT2D eigenvalue weighted by molar-refractivity contribution is -0.127. The maximum Gasteiger partial charge on any atom is 0.345 e. The van der Waals surface area contributed by atoms with E-state index >= 15 is 0 Å². The first-order valence-electron chi connectivity index (χ1n) is 18.8. The van der Waals surface area contributed by atoms with E-state index in [-0.39, 0.29) is 53.9 Å². The van der Waals surface area contributed by atoms with Gasteiger partial charge in [0.1, 0.15) is 0 Å². The van der Waals surface area contributed by atoms with E-state index in [4.69, 9.17) is 9.68 Å². The summed E-state index contributed by atoms with van der Waals surface area (Å²) in [5.41, 5.74) is 1.94. The van der Waals surface area contributed by atoms with Gasteiger partial charge in [0, 0.05) is 80.6 Å². The Hall–Kier alpha value is -4.43. The highest BCUT2D eigenvalue weighted by Gasteiger charge is 2.43. The maximum atomic E-state index is 12.1. The predicted molar refractivity (Wildman–Crippen MR) is 208 cm³/mol. The van der Waals surface area contributed by atoms with Crippen molar-refractivity contribution in [1.29, 1.82) is 0 Å². The molecule has 3 unspecified atom stereocenters. The van der Waals surface area contributed by atoms with Crippen LogP contribution in [-0.2, 0) is 24.1 Å². The summed E-state index contributed by atoms with van der Waals surface area (Å²) in [6, 6.07) is 0.00441. The van der Waals surface area contributed by atoms with Gasteiger partial charge >= 0.3 is 18.1 Å². The molecule has 9 amide bonds. The molecule has 17 nitrogen and oxygen atoms in total. The maximum absolute atomic E-state index is 12.1. The number of urea groups is 3. The van der Waals surface area contributed by atoms with Crippen molar-refractivity contribution < 1.29 is 38.4 Å². The number of carbonyl (C=O) groups is 6. The Morgan fingerprint density at radius 1 is 0.691 bits per heavy atom. The fourth-order valence-electron chi connectivity index (χ4n) is 7.68. The lowest BCUT2D eigenvalue weighted by Crippen LogP contribution is -2.37. The van der Waals surface area contributed by atoms with Crippen molar-refractivity contribution in [3.05, 3.63) is 58.5 Å². The van der Waals surface area contributed by atoms with E-state index in [2.05, 4.69) is 53.2 Å². The quantitative estimate of drug-likeness (QED) is 0.288. The smallest absolute Gasteiger partial charge is 0.345 e. The van der Waals surface area contributed by atoms with E-state index in [1.165, 1.54) is 13.7 Å². The van der Waals surface area contributed by atoms with Gasteiger partial charge in [-0.3, -0.25) is 24.1 Å². The van der Waals surface area contributed by atoms with Crippen LogP contribution in [0.5, 0.6) is 0 Å². The van der Waals surface area contributed by atoms with Crippen LogP contribution in [0.25, 0.3) is 0 Å². The summed E-state index contributed by atoms with van der Waals surface area (Å²) in [7, 11) is 1.82. The minimum atomic E-state index is -0.134. The minimum Gasteiger partial charge on any atom is -0.356 e. The Bertz CT molecular complexity index is 1660. The van der Waals surface area contributed by atoms with Crippen molar-refractivity contribution in [3.8, 4) is 0 Å². The number of carbonyl (C=O) groups excluding carboxylic acids is 6. The summed E-state index contributed by atoms with van der Waals surface area (Å²) < 4.78 is 1.19.